The molecule has 1 atom stereocenters. The summed E-state index contributed by atoms with van der Waals surface area (Å²) < 4.78 is 38.2. The van der Waals surface area contributed by atoms with Crippen LogP contribution >= 0.6 is 0 Å². The summed E-state index contributed by atoms with van der Waals surface area (Å²) in [7, 11) is 0. The van der Waals surface area contributed by atoms with Gasteiger partial charge in [0.15, 0.2) is 0 Å². The minimum Gasteiger partial charge on any atom is -0.480 e. The van der Waals surface area contributed by atoms with Crippen molar-refractivity contribution in [3.8, 4) is 0 Å². The molecule has 18 heavy (non-hydrogen) atoms. The fourth-order valence-corrected chi connectivity index (χ4v) is 1.71. The van der Waals surface area contributed by atoms with E-state index in [1.165, 1.54) is 18.2 Å². The minimum atomic E-state index is -4.51. The number of carboxylic acids is 1. The number of aromatic nitrogens is 1. The number of hydrogen-bond donors (Lipinski definition) is 3. The van der Waals surface area contributed by atoms with Crippen LogP contribution in [0.15, 0.2) is 24.3 Å². The summed E-state index contributed by atoms with van der Waals surface area (Å²) in [5.74, 6) is -1.31. The van der Waals surface area contributed by atoms with Gasteiger partial charge in [0.2, 0.25) is 0 Å². The maximum atomic E-state index is 12.7. The van der Waals surface area contributed by atoms with Gasteiger partial charge in [0.1, 0.15) is 6.04 Å². The fourth-order valence-electron chi connectivity index (χ4n) is 1.71. The lowest BCUT2D eigenvalue weighted by molar-refractivity contribution is -0.138. The molecule has 4 nitrogen and oxygen atoms in total. The first-order valence-corrected chi connectivity index (χ1v) is 4.98. The molecule has 7 heteroatoms. The number of para-hydroxylation sites is 1. The summed E-state index contributed by atoms with van der Waals surface area (Å²) in [4.78, 5) is 13.1. The Balaban J connectivity index is 2.62. The van der Waals surface area contributed by atoms with E-state index >= 15 is 0 Å². The zero-order chi connectivity index (χ0) is 13.5. The molecular formula is C11H9F3N2O2. The number of aliphatic carboxylic acids is 1. The second-order valence-electron chi connectivity index (χ2n) is 3.81. The smallest absolute Gasteiger partial charge is 0.418 e. The Morgan fingerprint density at radius 1 is 1.39 bits per heavy atom. The normalized spacial score (nSPS) is 13.8. The number of nitrogens with one attached hydrogen (secondary N) is 1. The van der Waals surface area contributed by atoms with Gasteiger partial charge in [0.25, 0.3) is 0 Å². The molecule has 0 spiro atoms. The topological polar surface area (TPSA) is 79.1 Å². The van der Waals surface area contributed by atoms with Crippen molar-refractivity contribution in [2.75, 3.05) is 0 Å². The standard InChI is InChI=1S/C11H9F3N2O2/c12-11(13,14)6-3-1-2-5-4-7(16-9(5)6)8(15)10(17)18/h1-4,8,16H,15H2,(H,17,18). The highest BCUT2D eigenvalue weighted by atomic mass is 19.4. The van der Waals surface area contributed by atoms with Crippen LogP contribution in [0.2, 0.25) is 0 Å². The van der Waals surface area contributed by atoms with Gasteiger partial charge in [-0.2, -0.15) is 13.2 Å². The highest BCUT2D eigenvalue weighted by Gasteiger charge is 2.33. The van der Waals surface area contributed by atoms with Crippen LogP contribution in [0.5, 0.6) is 0 Å². The third-order valence-corrected chi connectivity index (χ3v) is 2.58. The van der Waals surface area contributed by atoms with Gasteiger partial charge >= 0.3 is 12.1 Å². The number of fused-ring (bicyclic) bond motifs is 1. The second-order valence-corrected chi connectivity index (χ2v) is 3.81. The van der Waals surface area contributed by atoms with E-state index in [1.54, 1.807) is 0 Å². The van der Waals surface area contributed by atoms with Gasteiger partial charge in [-0.1, -0.05) is 12.1 Å². The van der Waals surface area contributed by atoms with E-state index in [9.17, 15) is 18.0 Å². The van der Waals surface area contributed by atoms with E-state index in [-0.39, 0.29) is 16.6 Å². The van der Waals surface area contributed by atoms with Crippen molar-refractivity contribution in [2.24, 2.45) is 5.73 Å². The summed E-state index contributed by atoms with van der Waals surface area (Å²) in [6.07, 6.45) is -4.51. The number of aromatic amines is 1. The monoisotopic (exact) mass is 258 g/mol. The predicted molar refractivity (Wildman–Crippen MR) is 57.9 cm³/mol. The molecule has 1 heterocycles. The van der Waals surface area contributed by atoms with Gasteiger partial charge in [-0.05, 0) is 12.1 Å². The number of benzene rings is 1. The molecule has 1 unspecified atom stereocenters. The van der Waals surface area contributed by atoms with Crippen LogP contribution in [-0.2, 0) is 11.0 Å². The summed E-state index contributed by atoms with van der Waals surface area (Å²) in [6.45, 7) is 0. The van der Waals surface area contributed by atoms with Crippen molar-refractivity contribution >= 4 is 16.9 Å². The maximum Gasteiger partial charge on any atom is 0.418 e. The Hall–Kier alpha value is -2.02. The number of alkyl halides is 3. The van der Waals surface area contributed by atoms with Crippen molar-refractivity contribution in [1.82, 2.24) is 4.98 Å². The maximum absolute atomic E-state index is 12.7. The van der Waals surface area contributed by atoms with E-state index in [0.29, 0.717) is 0 Å². The number of H-pyrrole nitrogens is 1. The Morgan fingerprint density at radius 3 is 2.61 bits per heavy atom. The third kappa shape index (κ3) is 2.04. The summed E-state index contributed by atoms with van der Waals surface area (Å²) in [5.41, 5.74) is 4.39. The molecule has 0 saturated carbocycles. The molecule has 0 saturated heterocycles. The van der Waals surface area contributed by atoms with Crippen LogP contribution < -0.4 is 5.73 Å². The van der Waals surface area contributed by atoms with E-state index in [0.717, 1.165) is 6.07 Å². The SMILES string of the molecule is NC(C(=O)O)c1cc2cccc(C(F)(F)F)c2[nH]1. The molecule has 0 bridgehead atoms. The third-order valence-electron chi connectivity index (χ3n) is 2.58. The van der Waals surface area contributed by atoms with Gasteiger partial charge < -0.3 is 15.8 Å². The molecule has 0 amide bonds. The van der Waals surface area contributed by atoms with E-state index in [4.69, 9.17) is 10.8 Å². The van der Waals surface area contributed by atoms with Gasteiger partial charge in [0, 0.05) is 11.1 Å². The fraction of sp³-hybridized carbons (Fsp3) is 0.182. The number of rotatable bonds is 2. The lowest BCUT2D eigenvalue weighted by atomic mass is 10.1. The average Bonchev–Trinajstić information content (AvgIpc) is 2.69. The number of carbonyl (C=O) groups is 1. The van der Waals surface area contributed by atoms with Crippen molar-refractivity contribution in [1.29, 1.82) is 0 Å². The lowest BCUT2D eigenvalue weighted by Crippen LogP contribution is -2.20. The molecule has 1 aromatic heterocycles. The quantitative estimate of drug-likeness (QED) is 0.773. The van der Waals surface area contributed by atoms with E-state index in [1.807, 2.05) is 0 Å². The number of nitrogens with two attached hydrogens (primary N) is 1. The Kier molecular flexibility index (Phi) is 2.78. The zero-order valence-electron chi connectivity index (χ0n) is 8.95. The summed E-state index contributed by atoms with van der Waals surface area (Å²) in [5, 5.41) is 9.00. The van der Waals surface area contributed by atoms with Gasteiger partial charge in [-0.15, -0.1) is 0 Å². The van der Waals surface area contributed by atoms with Crippen LogP contribution in [0.4, 0.5) is 13.2 Å². The van der Waals surface area contributed by atoms with E-state index < -0.39 is 23.8 Å². The summed E-state index contributed by atoms with van der Waals surface area (Å²) in [6, 6.07) is 3.57. The predicted octanol–water partition coefficient (Wildman–Crippen LogP) is 2.27. The molecule has 0 radical (unpaired) electrons. The van der Waals surface area contributed by atoms with E-state index in [2.05, 4.69) is 4.98 Å². The summed E-state index contributed by atoms with van der Waals surface area (Å²) >= 11 is 0. The van der Waals surface area contributed by atoms with Crippen molar-refractivity contribution in [3.63, 3.8) is 0 Å². The first-order chi connectivity index (χ1) is 8.30. The number of carboxylic acid groups (broad SMARTS) is 1. The highest BCUT2D eigenvalue weighted by molar-refractivity contribution is 5.86. The zero-order valence-corrected chi connectivity index (χ0v) is 8.95. The van der Waals surface area contributed by atoms with Crippen LogP contribution in [0.25, 0.3) is 10.9 Å². The molecular weight excluding hydrogens is 249 g/mol. The second kappa shape index (κ2) is 4.02. The Bertz CT molecular complexity index is 604. The first kappa shape index (κ1) is 12.4. The molecule has 0 aliphatic rings. The molecule has 2 aromatic rings. The molecule has 0 aliphatic heterocycles. The van der Waals surface area contributed by atoms with Crippen LogP contribution in [-0.4, -0.2) is 16.1 Å². The highest BCUT2D eigenvalue weighted by Crippen LogP contribution is 2.35. The lowest BCUT2D eigenvalue weighted by Gasteiger charge is -2.07. The van der Waals surface area contributed by atoms with Crippen molar-refractivity contribution < 1.29 is 23.1 Å². The Morgan fingerprint density at radius 2 is 2.06 bits per heavy atom. The van der Waals surface area contributed by atoms with Crippen molar-refractivity contribution in [3.05, 3.63) is 35.5 Å². The van der Waals surface area contributed by atoms with Gasteiger partial charge in [-0.25, -0.2) is 0 Å². The average molecular weight is 258 g/mol. The van der Waals surface area contributed by atoms with Gasteiger partial charge in [0.05, 0.1) is 11.1 Å². The molecule has 1 aromatic carbocycles. The number of halogens is 3. The first-order valence-electron chi connectivity index (χ1n) is 4.98. The minimum absolute atomic E-state index is 0.0363. The molecule has 2 rings (SSSR count). The molecule has 0 fully saturated rings. The molecule has 96 valence electrons. The molecule has 4 N–H and O–H groups in total. The van der Waals surface area contributed by atoms with Crippen molar-refractivity contribution in [2.45, 2.75) is 12.2 Å². The van der Waals surface area contributed by atoms with Crippen LogP contribution in [0, 0.1) is 0 Å². The van der Waals surface area contributed by atoms with Gasteiger partial charge in [-0.3, -0.25) is 4.79 Å². The number of hydrogen-bond acceptors (Lipinski definition) is 2. The van der Waals surface area contributed by atoms with Crippen LogP contribution in [0.1, 0.15) is 17.3 Å². The largest absolute Gasteiger partial charge is 0.480 e. The Labute approximate surface area is 99.2 Å². The van der Waals surface area contributed by atoms with Crippen LogP contribution in [0.3, 0.4) is 0 Å². The molecule has 0 aliphatic carbocycles.